The van der Waals surface area contributed by atoms with E-state index in [0.717, 1.165) is 24.9 Å². The minimum atomic E-state index is 0.858. The number of nitrogens with zero attached hydrogens (tertiary/aromatic N) is 1. The summed E-state index contributed by atoms with van der Waals surface area (Å²) in [7, 11) is 0. The Balaban J connectivity index is 1.75. The van der Waals surface area contributed by atoms with Gasteiger partial charge in [0.05, 0.1) is 5.52 Å². The van der Waals surface area contributed by atoms with E-state index in [-0.39, 0.29) is 0 Å². The lowest BCUT2D eigenvalue weighted by molar-refractivity contribution is 0.672. The smallest absolute Gasteiger partial charge is 0.0726 e. The summed E-state index contributed by atoms with van der Waals surface area (Å²) in [5, 5.41) is 4.96. The van der Waals surface area contributed by atoms with E-state index in [1.54, 1.807) is 0 Å². The summed E-state index contributed by atoms with van der Waals surface area (Å²) in [5.41, 5.74) is 6.45. The summed E-state index contributed by atoms with van der Waals surface area (Å²) < 4.78 is 1.28. The van der Waals surface area contributed by atoms with Crippen LogP contribution < -0.4 is 5.32 Å². The molecular weight excluding hydrogens is 395 g/mol. The summed E-state index contributed by atoms with van der Waals surface area (Å²) in [6, 6.07) is 17.2. The molecule has 3 heteroatoms. The van der Waals surface area contributed by atoms with Crippen LogP contribution >= 0.6 is 22.6 Å². The topological polar surface area (TPSA) is 24.9 Å². The van der Waals surface area contributed by atoms with Crippen molar-refractivity contribution in [2.75, 3.05) is 5.32 Å². The van der Waals surface area contributed by atoms with Crippen LogP contribution in [-0.4, -0.2) is 4.98 Å². The van der Waals surface area contributed by atoms with Crippen molar-refractivity contribution in [3.63, 3.8) is 0 Å². The first-order valence-corrected chi connectivity index (χ1v) is 9.28. The lowest BCUT2D eigenvalue weighted by Crippen LogP contribution is -2.11. The van der Waals surface area contributed by atoms with E-state index < -0.39 is 0 Å². The van der Waals surface area contributed by atoms with Crippen molar-refractivity contribution in [3.05, 3.63) is 68.9 Å². The van der Waals surface area contributed by atoms with Crippen molar-refractivity contribution < 1.29 is 0 Å². The SMILES string of the molecule is Ic1cccc(CNc2c3c(nc4ccccc24)CCCC3)c1. The molecular formula is C20H19IN2. The predicted octanol–water partition coefficient (Wildman–Crippen LogP) is 5.33. The zero-order chi connectivity index (χ0) is 15.6. The van der Waals surface area contributed by atoms with Crippen LogP contribution in [0.15, 0.2) is 48.5 Å². The van der Waals surface area contributed by atoms with Crippen LogP contribution in [0.2, 0.25) is 0 Å². The molecule has 3 aromatic rings. The maximum absolute atomic E-state index is 4.90. The third kappa shape index (κ3) is 3.07. The first-order chi connectivity index (χ1) is 11.3. The molecule has 0 amide bonds. The number of nitrogens with one attached hydrogen (secondary N) is 1. The number of fused-ring (bicyclic) bond motifs is 2. The van der Waals surface area contributed by atoms with Gasteiger partial charge in [0.1, 0.15) is 0 Å². The van der Waals surface area contributed by atoms with E-state index in [0.29, 0.717) is 0 Å². The molecule has 2 nitrogen and oxygen atoms in total. The Morgan fingerprint density at radius 2 is 1.87 bits per heavy atom. The van der Waals surface area contributed by atoms with Crippen molar-refractivity contribution >= 4 is 39.2 Å². The second kappa shape index (κ2) is 6.48. The van der Waals surface area contributed by atoms with Gasteiger partial charge in [-0.2, -0.15) is 0 Å². The largest absolute Gasteiger partial charge is 0.380 e. The number of rotatable bonds is 3. The van der Waals surface area contributed by atoms with Gasteiger partial charge in [-0.1, -0.05) is 30.3 Å². The summed E-state index contributed by atoms with van der Waals surface area (Å²) in [6.45, 7) is 0.858. The van der Waals surface area contributed by atoms with E-state index in [1.165, 1.54) is 44.3 Å². The van der Waals surface area contributed by atoms with Crippen LogP contribution in [0, 0.1) is 3.57 Å². The minimum absolute atomic E-state index is 0.858. The number of aryl methyl sites for hydroxylation is 1. The van der Waals surface area contributed by atoms with Crippen LogP contribution in [0.4, 0.5) is 5.69 Å². The second-order valence-electron chi connectivity index (χ2n) is 6.12. The number of halogens is 1. The Bertz CT molecular complexity index is 857. The van der Waals surface area contributed by atoms with E-state index in [4.69, 9.17) is 4.98 Å². The van der Waals surface area contributed by atoms with Crippen molar-refractivity contribution in [1.82, 2.24) is 4.98 Å². The Kier molecular flexibility index (Phi) is 4.21. The van der Waals surface area contributed by atoms with Gasteiger partial charge in [0.25, 0.3) is 0 Å². The van der Waals surface area contributed by atoms with E-state index >= 15 is 0 Å². The molecule has 4 rings (SSSR count). The van der Waals surface area contributed by atoms with Gasteiger partial charge >= 0.3 is 0 Å². The van der Waals surface area contributed by atoms with Gasteiger partial charge in [0.15, 0.2) is 0 Å². The molecule has 0 bridgehead atoms. The fourth-order valence-electron chi connectivity index (χ4n) is 3.41. The molecule has 0 fully saturated rings. The van der Waals surface area contributed by atoms with Crippen LogP contribution in [-0.2, 0) is 19.4 Å². The summed E-state index contributed by atoms with van der Waals surface area (Å²) >= 11 is 2.37. The molecule has 1 aliphatic carbocycles. The molecule has 0 radical (unpaired) electrons. The Morgan fingerprint density at radius 3 is 2.78 bits per heavy atom. The normalized spacial score (nSPS) is 13.8. The zero-order valence-corrected chi connectivity index (χ0v) is 15.1. The second-order valence-corrected chi connectivity index (χ2v) is 7.37. The molecule has 0 saturated heterocycles. The van der Waals surface area contributed by atoms with E-state index in [1.807, 2.05) is 0 Å². The van der Waals surface area contributed by atoms with Crippen LogP contribution in [0.25, 0.3) is 10.9 Å². The molecule has 1 aromatic heterocycles. The predicted molar refractivity (Wildman–Crippen MR) is 105 cm³/mol. The number of para-hydroxylation sites is 1. The van der Waals surface area contributed by atoms with Gasteiger partial charge < -0.3 is 5.32 Å². The van der Waals surface area contributed by atoms with Crippen molar-refractivity contribution in [2.45, 2.75) is 32.2 Å². The van der Waals surface area contributed by atoms with Crippen LogP contribution in [0.3, 0.4) is 0 Å². The lowest BCUT2D eigenvalue weighted by Gasteiger charge is -2.21. The third-order valence-electron chi connectivity index (χ3n) is 4.53. The van der Waals surface area contributed by atoms with Crippen LogP contribution in [0.5, 0.6) is 0 Å². The van der Waals surface area contributed by atoms with Crippen molar-refractivity contribution in [3.8, 4) is 0 Å². The number of aromatic nitrogens is 1. The standard InChI is InChI=1S/C20H19IN2/c21-15-7-5-6-14(12-15)13-22-20-16-8-1-3-10-18(16)23-19-11-4-2-9-17(19)20/h1,3,5-8,10,12H,2,4,9,11,13H2,(H,22,23). The molecule has 1 N–H and O–H groups in total. The first kappa shape index (κ1) is 14.9. The highest BCUT2D eigenvalue weighted by molar-refractivity contribution is 14.1. The minimum Gasteiger partial charge on any atom is -0.380 e. The molecule has 0 unspecified atom stereocenters. The highest BCUT2D eigenvalue weighted by Gasteiger charge is 2.17. The summed E-state index contributed by atoms with van der Waals surface area (Å²) in [6.07, 6.45) is 4.78. The number of hydrogen-bond acceptors (Lipinski definition) is 2. The molecule has 0 spiro atoms. The molecule has 116 valence electrons. The average Bonchev–Trinajstić information content (AvgIpc) is 2.58. The Labute approximate surface area is 150 Å². The van der Waals surface area contributed by atoms with Gasteiger partial charge in [-0.05, 0) is 77.6 Å². The van der Waals surface area contributed by atoms with Gasteiger partial charge in [-0.25, -0.2) is 0 Å². The number of hydrogen-bond donors (Lipinski definition) is 1. The quantitative estimate of drug-likeness (QED) is 0.586. The molecule has 0 atom stereocenters. The molecule has 1 aliphatic rings. The molecule has 2 aromatic carbocycles. The summed E-state index contributed by atoms with van der Waals surface area (Å²) in [4.78, 5) is 4.90. The molecule has 0 saturated carbocycles. The fourth-order valence-corrected chi connectivity index (χ4v) is 4.02. The fraction of sp³-hybridized carbons (Fsp3) is 0.250. The molecule has 1 heterocycles. The number of pyridine rings is 1. The van der Waals surface area contributed by atoms with Gasteiger partial charge in [0.2, 0.25) is 0 Å². The Hall–Kier alpha value is -1.62. The summed E-state index contributed by atoms with van der Waals surface area (Å²) in [5.74, 6) is 0. The lowest BCUT2D eigenvalue weighted by atomic mass is 9.92. The molecule has 23 heavy (non-hydrogen) atoms. The number of anilines is 1. The van der Waals surface area contributed by atoms with E-state index in [2.05, 4.69) is 76.4 Å². The van der Waals surface area contributed by atoms with Gasteiger partial charge in [0, 0.05) is 26.9 Å². The monoisotopic (exact) mass is 414 g/mol. The highest BCUT2D eigenvalue weighted by atomic mass is 127. The van der Waals surface area contributed by atoms with Crippen LogP contribution in [0.1, 0.15) is 29.7 Å². The zero-order valence-electron chi connectivity index (χ0n) is 13.0. The van der Waals surface area contributed by atoms with Crippen molar-refractivity contribution in [2.24, 2.45) is 0 Å². The third-order valence-corrected chi connectivity index (χ3v) is 5.20. The number of benzene rings is 2. The van der Waals surface area contributed by atoms with Gasteiger partial charge in [-0.15, -0.1) is 0 Å². The average molecular weight is 414 g/mol. The van der Waals surface area contributed by atoms with E-state index in [9.17, 15) is 0 Å². The highest BCUT2D eigenvalue weighted by Crippen LogP contribution is 2.33. The van der Waals surface area contributed by atoms with Crippen molar-refractivity contribution in [1.29, 1.82) is 0 Å². The molecule has 0 aliphatic heterocycles. The maximum atomic E-state index is 4.90. The Morgan fingerprint density at radius 1 is 1.00 bits per heavy atom. The first-order valence-electron chi connectivity index (χ1n) is 8.20. The van der Waals surface area contributed by atoms with Gasteiger partial charge in [-0.3, -0.25) is 4.98 Å². The maximum Gasteiger partial charge on any atom is 0.0726 e.